The van der Waals surface area contributed by atoms with Gasteiger partial charge in [-0.3, -0.25) is 9.59 Å². The van der Waals surface area contributed by atoms with Crippen molar-refractivity contribution in [3.05, 3.63) is 53.6 Å². The molecule has 2 amide bonds. The second-order valence-corrected chi connectivity index (χ2v) is 8.41. The first kappa shape index (κ1) is 26.0. The molecule has 2 rings (SSSR count). The van der Waals surface area contributed by atoms with Crippen LogP contribution in [0.2, 0.25) is 0 Å². The Balaban J connectivity index is 2.23. The van der Waals surface area contributed by atoms with Crippen LogP contribution in [0.3, 0.4) is 0 Å². The number of nitrogens with one attached hydrogen (secondary N) is 1. The molecule has 0 fully saturated rings. The fourth-order valence-electron chi connectivity index (χ4n) is 3.44. The third kappa shape index (κ3) is 8.00. The van der Waals surface area contributed by atoms with Crippen molar-refractivity contribution in [2.45, 2.75) is 46.7 Å². The van der Waals surface area contributed by atoms with E-state index in [4.69, 9.17) is 14.2 Å². The minimum atomic E-state index is -0.597. The number of carbonyl (C=O) groups excluding carboxylic acids is 2. The maximum absolute atomic E-state index is 13.3. The zero-order valence-electron chi connectivity index (χ0n) is 20.5. The minimum Gasteiger partial charge on any atom is -0.496 e. The molecule has 0 aliphatic heterocycles. The standard InChI is InChI=1S/C26H36N2O5/c1-7-24(26(30)27-15-18(2)3)28(16-20-10-8-9-19(4)11-20)25(29)17-33-23-13-21(31-5)12-22(14-23)32-6/h8-14,18,24H,7,15-17H2,1-6H3,(H,27,30). The Morgan fingerprint density at radius 3 is 2.18 bits per heavy atom. The van der Waals surface area contributed by atoms with Gasteiger partial charge >= 0.3 is 0 Å². The molecule has 7 nitrogen and oxygen atoms in total. The molecule has 0 aliphatic rings. The molecule has 2 aromatic carbocycles. The van der Waals surface area contributed by atoms with Gasteiger partial charge in [-0.05, 0) is 24.8 Å². The topological polar surface area (TPSA) is 77.1 Å². The number of rotatable bonds is 12. The summed E-state index contributed by atoms with van der Waals surface area (Å²) in [5, 5.41) is 2.96. The van der Waals surface area contributed by atoms with E-state index < -0.39 is 6.04 Å². The van der Waals surface area contributed by atoms with E-state index in [1.54, 1.807) is 37.3 Å². The lowest BCUT2D eigenvalue weighted by Crippen LogP contribution is -2.50. The van der Waals surface area contributed by atoms with Crippen LogP contribution >= 0.6 is 0 Å². The first-order chi connectivity index (χ1) is 15.8. The lowest BCUT2D eigenvalue weighted by atomic mass is 10.1. The van der Waals surface area contributed by atoms with Crippen molar-refractivity contribution in [1.29, 1.82) is 0 Å². The van der Waals surface area contributed by atoms with Crippen molar-refractivity contribution in [3.63, 3.8) is 0 Å². The molecule has 0 saturated heterocycles. The van der Waals surface area contributed by atoms with Crippen molar-refractivity contribution in [2.75, 3.05) is 27.4 Å². The number of nitrogens with zero attached hydrogens (tertiary/aromatic N) is 1. The first-order valence-electron chi connectivity index (χ1n) is 11.3. The molecular weight excluding hydrogens is 420 g/mol. The molecule has 7 heteroatoms. The second-order valence-electron chi connectivity index (χ2n) is 8.41. The summed E-state index contributed by atoms with van der Waals surface area (Å²) in [4.78, 5) is 27.9. The summed E-state index contributed by atoms with van der Waals surface area (Å²) in [7, 11) is 3.10. The van der Waals surface area contributed by atoms with Gasteiger partial charge in [0.2, 0.25) is 5.91 Å². The molecule has 0 bridgehead atoms. The molecule has 1 unspecified atom stereocenters. The first-order valence-corrected chi connectivity index (χ1v) is 11.3. The molecule has 0 spiro atoms. The van der Waals surface area contributed by atoms with Crippen LogP contribution in [0.25, 0.3) is 0 Å². The molecule has 180 valence electrons. The molecular formula is C26H36N2O5. The van der Waals surface area contributed by atoms with Crippen LogP contribution in [-0.2, 0) is 16.1 Å². The summed E-state index contributed by atoms with van der Waals surface area (Å²) in [5.41, 5.74) is 2.05. The van der Waals surface area contributed by atoms with E-state index in [1.807, 2.05) is 52.0 Å². The van der Waals surface area contributed by atoms with Gasteiger partial charge < -0.3 is 24.4 Å². The monoisotopic (exact) mass is 456 g/mol. The fraction of sp³-hybridized carbons (Fsp3) is 0.462. The summed E-state index contributed by atoms with van der Waals surface area (Å²) in [6.45, 7) is 8.64. The molecule has 1 N–H and O–H groups in total. The van der Waals surface area contributed by atoms with Crippen LogP contribution in [0.15, 0.2) is 42.5 Å². The number of hydrogen-bond donors (Lipinski definition) is 1. The Hall–Kier alpha value is -3.22. The number of amides is 2. The van der Waals surface area contributed by atoms with E-state index in [2.05, 4.69) is 5.32 Å². The molecule has 2 aromatic rings. The van der Waals surface area contributed by atoms with Gasteiger partial charge in [-0.1, -0.05) is 50.6 Å². The van der Waals surface area contributed by atoms with Crippen LogP contribution in [0.4, 0.5) is 0 Å². The summed E-state index contributed by atoms with van der Waals surface area (Å²) in [6, 6.07) is 12.4. The molecule has 0 saturated carbocycles. The van der Waals surface area contributed by atoms with E-state index in [0.29, 0.717) is 42.7 Å². The smallest absolute Gasteiger partial charge is 0.261 e. The Kier molecular flexibility index (Phi) is 10.0. The SMILES string of the molecule is CCC(C(=O)NCC(C)C)N(Cc1cccc(C)c1)C(=O)COc1cc(OC)cc(OC)c1. The lowest BCUT2D eigenvalue weighted by Gasteiger charge is -2.31. The Morgan fingerprint density at radius 1 is 1.00 bits per heavy atom. The van der Waals surface area contributed by atoms with Crippen LogP contribution in [-0.4, -0.2) is 50.1 Å². The zero-order valence-corrected chi connectivity index (χ0v) is 20.5. The number of methoxy groups -OCH3 is 2. The molecule has 33 heavy (non-hydrogen) atoms. The highest BCUT2D eigenvalue weighted by Gasteiger charge is 2.29. The van der Waals surface area contributed by atoms with E-state index in [0.717, 1.165) is 11.1 Å². The predicted octanol–water partition coefficient (Wildman–Crippen LogP) is 3.97. The van der Waals surface area contributed by atoms with Crippen LogP contribution in [0.1, 0.15) is 38.3 Å². The third-order valence-corrected chi connectivity index (χ3v) is 5.19. The average molecular weight is 457 g/mol. The quantitative estimate of drug-likeness (QED) is 0.523. The minimum absolute atomic E-state index is 0.157. The third-order valence-electron chi connectivity index (χ3n) is 5.19. The van der Waals surface area contributed by atoms with Gasteiger partial charge in [-0.2, -0.15) is 0 Å². The second kappa shape index (κ2) is 12.7. The Bertz CT molecular complexity index is 906. The number of aryl methyl sites for hydroxylation is 1. The van der Waals surface area contributed by atoms with Crippen LogP contribution in [0.5, 0.6) is 17.2 Å². The van der Waals surface area contributed by atoms with Gasteiger partial charge in [-0.25, -0.2) is 0 Å². The van der Waals surface area contributed by atoms with E-state index >= 15 is 0 Å². The van der Waals surface area contributed by atoms with Crippen molar-refractivity contribution >= 4 is 11.8 Å². The largest absolute Gasteiger partial charge is 0.496 e. The summed E-state index contributed by atoms with van der Waals surface area (Å²) < 4.78 is 16.3. The van der Waals surface area contributed by atoms with E-state index in [1.165, 1.54) is 0 Å². The molecule has 0 aliphatic carbocycles. The van der Waals surface area contributed by atoms with Crippen LogP contribution < -0.4 is 19.5 Å². The molecule has 0 aromatic heterocycles. The van der Waals surface area contributed by atoms with E-state index in [9.17, 15) is 9.59 Å². The lowest BCUT2D eigenvalue weighted by molar-refractivity contribution is -0.143. The summed E-state index contributed by atoms with van der Waals surface area (Å²) in [5.74, 6) is 1.46. The van der Waals surface area contributed by atoms with Gasteiger partial charge in [0.05, 0.1) is 14.2 Å². The van der Waals surface area contributed by atoms with Crippen molar-refractivity contribution in [3.8, 4) is 17.2 Å². The summed E-state index contributed by atoms with van der Waals surface area (Å²) in [6.07, 6.45) is 0.495. The summed E-state index contributed by atoms with van der Waals surface area (Å²) >= 11 is 0. The number of carbonyl (C=O) groups is 2. The Labute approximate surface area is 197 Å². The number of benzene rings is 2. The average Bonchev–Trinajstić information content (AvgIpc) is 2.80. The number of ether oxygens (including phenoxy) is 3. The van der Waals surface area contributed by atoms with Crippen LogP contribution in [0, 0.1) is 12.8 Å². The van der Waals surface area contributed by atoms with E-state index in [-0.39, 0.29) is 18.4 Å². The normalized spacial score (nSPS) is 11.6. The highest BCUT2D eigenvalue weighted by molar-refractivity contribution is 5.88. The molecule has 0 heterocycles. The van der Waals surface area contributed by atoms with Gasteiger partial charge in [0.1, 0.15) is 23.3 Å². The van der Waals surface area contributed by atoms with Gasteiger partial charge in [-0.15, -0.1) is 0 Å². The Morgan fingerprint density at radius 2 is 1.64 bits per heavy atom. The highest BCUT2D eigenvalue weighted by Crippen LogP contribution is 2.27. The highest BCUT2D eigenvalue weighted by atomic mass is 16.5. The molecule has 1 atom stereocenters. The van der Waals surface area contributed by atoms with Gasteiger partial charge in [0, 0.05) is 31.3 Å². The fourth-order valence-corrected chi connectivity index (χ4v) is 3.44. The number of hydrogen-bond acceptors (Lipinski definition) is 5. The van der Waals surface area contributed by atoms with Crippen molar-refractivity contribution in [2.24, 2.45) is 5.92 Å². The predicted molar refractivity (Wildman–Crippen MR) is 129 cm³/mol. The maximum Gasteiger partial charge on any atom is 0.261 e. The van der Waals surface area contributed by atoms with Crippen molar-refractivity contribution < 1.29 is 23.8 Å². The zero-order chi connectivity index (χ0) is 24.4. The van der Waals surface area contributed by atoms with Gasteiger partial charge in [0.15, 0.2) is 6.61 Å². The molecule has 0 radical (unpaired) electrons. The van der Waals surface area contributed by atoms with Gasteiger partial charge in [0.25, 0.3) is 5.91 Å². The van der Waals surface area contributed by atoms with Crippen molar-refractivity contribution in [1.82, 2.24) is 10.2 Å². The maximum atomic E-state index is 13.3.